The number of nitrogens with two attached hydrogens (primary N) is 1. The van der Waals surface area contributed by atoms with Gasteiger partial charge in [-0.3, -0.25) is 4.79 Å². The molecule has 1 aromatic carbocycles. The summed E-state index contributed by atoms with van der Waals surface area (Å²) in [6.45, 7) is 3.93. The van der Waals surface area contributed by atoms with Crippen molar-refractivity contribution in [3.63, 3.8) is 0 Å². The fourth-order valence-electron chi connectivity index (χ4n) is 2.42. The Morgan fingerprint density at radius 3 is 2.73 bits per heavy atom. The Labute approximate surface area is 130 Å². The average Bonchev–Trinajstić information content (AvgIpc) is 2.54. The molecule has 122 valence electrons. The molecule has 1 amide bonds. The van der Waals surface area contributed by atoms with Gasteiger partial charge in [-0.05, 0) is 37.5 Å². The summed E-state index contributed by atoms with van der Waals surface area (Å²) in [7, 11) is 1.60. The average molecular weight is 308 g/mol. The van der Waals surface area contributed by atoms with Crippen LogP contribution in [0.15, 0.2) is 18.2 Å². The van der Waals surface area contributed by atoms with Crippen molar-refractivity contribution in [3.05, 3.63) is 23.8 Å². The maximum absolute atomic E-state index is 12.3. The molecule has 6 nitrogen and oxygen atoms in total. The van der Waals surface area contributed by atoms with Crippen LogP contribution in [0.1, 0.15) is 25.3 Å². The molecule has 0 bridgehead atoms. The van der Waals surface area contributed by atoms with Gasteiger partial charge in [-0.15, -0.1) is 0 Å². The first-order valence-electron chi connectivity index (χ1n) is 7.53. The van der Waals surface area contributed by atoms with Crippen LogP contribution in [0.2, 0.25) is 0 Å². The summed E-state index contributed by atoms with van der Waals surface area (Å²) in [5.41, 5.74) is 6.27. The Bertz CT molecular complexity index is 513. The van der Waals surface area contributed by atoms with Gasteiger partial charge in [0.2, 0.25) is 5.91 Å². The van der Waals surface area contributed by atoms with Crippen LogP contribution in [0.4, 0.5) is 0 Å². The molecule has 0 radical (unpaired) electrons. The number of nitrogens with one attached hydrogen (secondary N) is 1. The molecule has 0 unspecified atom stereocenters. The van der Waals surface area contributed by atoms with Crippen LogP contribution in [-0.2, 0) is 16.1 Å². The molecule has 1 aliphatic rings. The van der Waals surface area contributed by atoms with Gasteiger partial charge in [-0.25, -0.2) is 0 Å². The van der Waals surface area contributed by atoms with Gasteiger partial charge in [-0.1, -0.05) is 6.07 Å². The highest BCUT2D eigenvalue weighted by Crippen LogP contribution is 2.28. The second kappa shape index (κ2) is 7.47. The maximum atomic E-state index is 12.3. The van der Waals surface area contributed by atoms with Crippen LogP contribution in [-0.4, -0.2) is 38.4 Å². The van der Waals surface area contributed by atoms with Gasteiger partial charge in [0.25, 0.3) is 0 Å². The number of rotatable bonds is 6. The molecular formula is C16H24N2O4. The van der Waals surface area contributed by atoms with E-state index in [0.717, 1.165) is 5.56 Å². The third kappa shape index (κ3) is 3.90. The zero-order valence-corrected chi connectivity index (χ0v) is 13.2. The van der Waals surface area contributed by atoms with Gasteiger partial charge >= 0.3 is 0 Å². The largest absolute Gasteiger partial charge is 0.493 e. The van der Waals surface area contributed by atoms with Crippen molar-refractivity contribution in [1.29, 1.82) is 0 Å². The molecule has 1 heterocycles. The topological polar surface area (TPSA) is 82.8 Å². The molecule has 0 aromatic heterocycles. The molecular weight excluding hydrogens is 284 g/mol. The second-order valence-electron chi connectivity index (χ2n) is 5.37. The molecule has 6 heteroatoms. The summed E-state index contributed by atoms with van der Waals surface area (Å²) in [5.74, 6) is 1.21. The highest BCUT2D eigenvalue weighted by molar-refractivity contribution is 5.86. The van der Waals surface area contributed by atoms with Crippen LogP contribution < -0.4 is 20.5 Å². The van der Waals surface area contributed by atoms with Crippen molar-refractivity contribution in [2.75, 3.05) is 26.9 Å². The van der Waals surface area contributed by atoms with Gasteiger partial charge in [0, 0.05) is 19.8 Å². The standard InChI is InChI=1S/C16H24N2O4/c1-3-22-14-10-12(4-5-13(14)20-2)11-18-15(19)16(17)6-8-21-9-7-16/h4-5,10H,3,6-9,11,17H2,1-2H3,(H,18,19). The van der Waals surface area contributed by atoms with Gasteiger partial charge < -0.3 is 25.3 Å². The SMILES string of the molecule is CCOc1cc(CNC(=O)C2(N)CCOCC2)ccc1OC. The summed E-state index contributed by atoms with van der Waals surface area (Å²) in [4.78, 5) is 12.3. The predicted molar refractivity (Wildman–Crippen MR) is 83.0 cm³/mol. The first kappa shape index (κ1) is 16.6. The molecule has 1 aliphatic heterocycles. The highest BCUT2D eigenvalue weighted by Gasteiger charge is 2.35. The molecule has 1 saturated heterocycles. The van der Waals surface area contributed by atoms with Gasteiger partial charge in [-0.2, -0.15) is 0 Å². The van der Waals surface area contributed by atoms with Crippen LogP contribution in [0.25, 0.3) is 0 Å². The first-order chi connectivity index (χ1) is 10.6. The minimum absolute atomic E-state index is 0.135. The minimum Gasteiger partial charge on any atom is -0.493 e. The smallest absolute Gasteiger partial charge is 0.240 e. The molecule has 0 atom stereocenters. The quantitative estimate of drug-likeness (QED) is 0.825. The normalized spacial score (nSPS) is 16.9. The van der Waals surface area contributed by atoms with Gasteiger partial charge in [0.05, 0.1) is 19.3 Å². The third-order valence-electron chi connectivity index (χ3n) is 3.82. The summed E-state index contributed by atoms with van der Waals surface area (Å²) in [5, 5.41) is 2.90. The van der Waals surface area contributed by atoms with E-state index in [2.05, 4.69) is 5.32 Å². The van der Waals surface area contributed by atoms with Crippen molar-refractivity contribution in [2.45, 2.75) is 31.8 Å². The Hall–Kier alpha value is -1.79. The van der Waals surface area contributed by atoms with E-state index in [4.69, 9.17) is 19.9 Å². The molecule has 1 aromatic rings. The predicted octanol–water partition coefficient (Wildman–Crippen LogP) is 1.22. The fourth-order valence-corrected chi connectivity index (χ4v) is 2.42. The zero-order chi connectivity index (χ0) is 16.0. The maximum Gasteiger partial charge on any atom is 0.240 e. The minimum atomic E-state index is -0.826. The number of ether oxygens (including phenoxy) is 3. The van der Waals surface area contributed by atoms with Crippen LogP contribution in [0, 0.1) is 0 Å². The number of carbonyl (C=O) groups excluding carboxylic acids is 1. The van der Waals surface area contributed by atoms with E-state index in [1.54, 1.807) is 7.11 Å². The Morgan fingerprint density at radius 2 is 2.09 bits per heavy atom. The van der Waals surface area contributed by atoms with E-state index < -0.39 is 5.54 Å². The molecule has 22 heavy (non-hydrogen) atoms. The van der Waals surface area contributed by atoms with Crippen molar-refractivity contribution < 1.29 is 19.0 Å². The zero-order valence-electron chi connectivity index (χ0n) is 13.2. The summed E-state index contributed by atoms with van der Waals surface area (Å²) in [6, 6.07) is 5.60. The van der Waals surface area contributed by atoms with E-state index in [1.165, 1.54) is 0 Å². The summed E-state index contributed by atoms with van der Waals surface area (Å²) >= 11 is 0. The first-order valence-corrected chi connectivity index (χ1v) is 7.53. The monoisotopic (exact) mass is 308 g/mol. The molecule has 1 fully saturated rings. The van der Waals surface area contributed by atoms with E-state index in [0.29, 0.717) is 50.7 Å². The third-order valence-corrected chi connectivity index (χ3v) is 3.82. The van der Waals surface area contributed by atoms with E-state index in [-0.39, 0.29) is 5.91 Å². The number of carbonyl (C=O) groups is 1. The van der Waals surface area contributed by atoms with Crippen LogP contribution in [0.5, 0.6) is 11.5 Å². The lowest BCUT2D eigenvalue weighted by molar-refractivity contribution is -0.129. The number of hydrogen-bond donors (Lipinski definition) is 2. The Kier molecular flexibility index (Phi) is 5.63. The lowest BCUT2D eigenvalue weighted by Crippen LogP contribution is -2.56. The highest BCUT2D eigenvalue weighted by atomic mass is 16.5. The summed E-state index contributed by atoms with van der Waals surface area (Å²) < 4.78 is 16.0. The molecule has 2 rings (SSSR count). The van der Waals surface area contributed by atoms with Crippen molar-refractivity contribution in [2.24, 2.45) is 5.73 Å². The van der Waals surface area contributed by atoms with Crippen molar-refractivity contribution in [1.82, 2.24) is 5.32 Å². The molecule has 0 spiro atoms. The lowest BCUT2D eigenvalue weighted by Gasteiger charge is -2.31. The summed E-state index contributed by atoms with van der Waals surface area (Å²) in [6.07, 6.45) is 1.09. The number of hydrogen-bond acceptors (Lipinski definition) is 5. The fraction of sp³-hybridized carbons (Fsp3) is 0.562. The Balaban J connectivity index is 1.98. The number of methoxy groups -OCH3 is 1. The van der Waals surface area contributed by atoms with Crippen molar-refractivity contribution in [3.8, 4) is 11.5 Å². The Morgan fingerprint density at radius 1 is 1.36 bits per heavy atom. The second-order valence-corrected chi connectivity index (χ2v) is 5.37. The number of benzene rings is 1. The van der Waals surface area contributed by atoms with Gasteiger partial charge in [0.1, 0.15) is 0 Å². The van der Waals surface area contributed by atoms with Crippen LogP contribution in [0.3, 0.4) is 0 Å². The van der Waals surface area contributed by atoms with E-state index in [1.807, 2.05) is 25.1 Å². The van der Waals surface area contributed by atoms with E-state index in [9.17, 15) is 4.79 Å². The molecule has 3 N–H and O–H groups in total. The lowest BCUT2D eigenvalue weighted by atomic mass is 9.90. The molecule has 0 aliphatic carbocycles. The number of amides is 1. The van der Waals surface area contributed by atoms with Crippen LogP contribution >= 0.6 is 0 Å². The van der Waals surface area contributed by atoms with Crippen molar-refractivity contribution >= 4 is 5.91 Å². The molecule has 0 saturated carbocycles. The van der Waals surface area contributed by atoms with E-state index >= 15 is 0 Å². The van der Waals surface area contributed by atoms with Gasteiger partial charge in [0.15, 0.2) is 11.5 Å².